The minimum absolute atomic E-state index is 0.150. The molecule has 0 bridgehead atoms. The van der Waals surface area contributed by atoms with Crippen molar-refractivity contribution in [3.8, 4) is 0 Å². The Balaban J connectivity index is 2.01. The number of nitrogens with one attached hydrogen (secondary N) is 1. The predicted molar refractivity (Wildman–Crippen MR) is 67.0 cm³/mol. The number of anilines is 1. The second-order valence-corrected chi connectivity index (χ2v) is 6.84. The van der Waals surface area contributed by atoms with Crippen LogP contribution in [-0.4, -0.2) is 45.9 Å². The first kappa shape index (κ1) is 13.7. The van der Waals surface area contributed by atoms with Crippen LogP contribution in [0, 0.1) is 6.92 Å². The number of hydrogen-bond donors (Lipinski definition) is 2. The van der Waals surface area contributed by atoms with E-state index in [0.29, 0.717) is 25.5 Å². The molecule has 7 nitrogen and oxygen atoms in total. The zero-order chi connectivity index (χ0) is 13.2. The maximum atomic E-state index is 12.0. The van der Waals surface area contributed by atoms with E-state index in [4.69, 9.17) is 15.2 Å². The van der Waals surface area contributed by atoms with Gasteiger partial charge in [-0.15, -0.1) is 0 Å². The van der Waals surface area contributed by atoms with E-state index >= 15 is 0 Å². The summed E-state index contributed by atoms with van der Waals surface area (Å²) >= 11 is 0.952. The molecule has 2 heterocycles. The zero-order valence-corrected chi connectivity index (χ0v) is 11.5. The number of nitrogen functional groups attached to an aromatic ring is 1. The first-order valence-corrected chi connectivity index (χ1v) is 7.71. The third kappa shape index (κ3) is 3.18. The van der Waals surface area contributed by atoms with E-state index in [1.165, 1.54) is 0 Å². The van der Waals surface area contributed by atoms with E-state index in [2.05, 4.69) is 9.71 Å². The summed E-state index contributed by atoms with van der Waals surface area (Å²) in [4.78, 5) is 3.89. The van der Waals surface area contributed by atoms with Gasteiger partial charge in [-0.2, -0.15) is 0 Å². The van der Waals surface area contributed by atoms with Crippen LogP contribution in [0.15, 0.2) is 4.21 Å². The van der Waals surface area contributed by atoms with Crippen LogP contribution in [0.4, 0.5) is 5.13 Å². The van der Waals surface area contributed by atoms with Gasteiger partial charge in [-0.1, -0.05) is 11.3 Å². The van der Waals surface area contributed by atoms with Crippen LogP contribution >= 0.6 is 11.3 Å². The summed E-state index contributed by atoms with van der Waals surface area (Å²) in [5.41, 5.74) is 5.89. The molecular weight excluding hydrogens is 278 g/mol. The predicted octanol–water partition coefficient (Wildman–Crippen LogP) is -0.273. The number of hydrogen-bond acceptors (Lipinski definition) is 7. The molecule has 0 aromatic carbocycles. The van der Waals surface area contributed by atoms with Gasteiger partial charge >= 0.3 is 0 Å². The van der Waals surface area contributed by atoms with Gasteiger partial charge in [0.05, 0.1) is 31.6 Å². The summed E-state index contributed by atoms with van der Waals surface area (Å²) in [6.07, 6.45) is -0.251. The van der Waals surface area contributed by atoms with Crippen molar-refractivity contribution < 1.29 is 17.9 Å². The maximum Gasteiger partial charge on any atom is 0.252 e. The second-order valence-electron chi connectivity index (χ2n) is 3.84. The minimum atomic E-state index is -3.58. The van der Waals surface area contributed by atoms with E-state index in [9.17, 15) is 8.42 Å². The lowest BCUT2D eigenvalue weighted by molar-refractivity contribution is -0.0846. The van der Waals surface area contributed by atoms with Crippen molar-refractivity contribution in [2.45, 2.75) is 17.2 Å². The van der Waals surface area contributed by atoms with Crippen LogP contribution in [0.1, 0.15) is 5.69 Å². The van der Waals surface area contributed by atoms with E-state index in [1.54, 1.807) is 6.92 Å². The number of nitrogens with zero attached hydrogens (tertiary/aromatic N) is 1. The summed E-state index contributed by atoms with van der Waals surface area (Å²) < 4.78 is 37.2. The quantitative estimate of drug-likeness (QED) is 0.792. The normalized spacial score (nSPS) is 21.1. The topological polar surface area (TPSA) is 104 Å². The van der Waals surface area contributed by atoms with E-state index < -0.39 is 10.0 Å². The molecule has 1 unspecified atom stereocenters. The average molecular weight is 293 g/mol. The first-order valence-electron chi connectivity index (χ1n) is 5.41. The SMILES string of the molecule is Cc1nc(N)sc1S(=O)(=O)NCC1COCCO1. The van der Waals surface area contributed by atoms with Gasteiger partial charge in [0.15, 0.2) is 9.34 Å². The largest absolute Gasteiger partial charge is 0.376 e. The highest BCUT2D eigenvalue weighted by atomic mass is 32.2. The van der Waals surface area contributed by atoms with Crippen LogP contribution in [0.25, 0.3) is 0 Å². The van der Waals surface area contributed by atoms with E-state index in [1.807, 2.05) is 0 Å². The lowest BCUT2D eigenvalue weighted by Gasteiger charge is -2.22. The number of rotatable bonds is 4. The molecule has 3 N–H and O–H groups in total. The Kier molecular flexibility index (Phi) is 4.17. The van der Waals surface area contributed by atoms with Crippen LogP contribution in [0.2, 0.25) is 0 Å². The van der Waals surface area contributed by atoms with Crippen LogP contribution < -0.4 is 10.5 Å². The molecular formula is C9H15N3O4S2. The fourth-order valence-corrected chi connectivity index (χ4v) is 3.98. The molecule has 2 rings (SSSR count). The summed E-state index contributed by atoms with van der Waals surface area (Å²) in [6, 6.07) is 0. The molecule has 1 atom stereocenters. The van der Waals surface area contributed by atoms with Gasteiger partial charge in [-0.3, -0.25) is 0 Å². The van der Waals surface area contributed by atoms with Gasteiger partial charge < -0.3 is 15.2 Å². The van der Waals surface area contributed by atoms with Crippen LogP contribution in [0.3, 0.4) is 0 Å². The molecule has 1 saturated heterocycles. The molecule has 0 saturated carbocycles. The van der Waals surface area contributed by atoms with Crippen molar-refractivity contribution >= 4 is 26.5 Å². The highest BCUT2D eigenvalue weighted by molar-refractivity contribution is 7.91. The third-order valence-corrected chi connectivity index (χ3v) is 5.42. The Bertz CT molecular complexity index is 508. The molecule has 0 amide bonds. The average Bonchev–Trinajstić information content (AvgIpc) is 2.68. The fourth-order valence-electron chi connectivity index (χ4n) is 1.57. The van der Waals surface area contributed by atoms with Crippen molar-refractivity contribution in [3.63, 3.8) is 0 Å². The van der Waals surface area contributed by atoms with Gasteiger partial charge in [-0.05, 0) is 6.92 Å². The molecule has 0 spiro atoms. The third-order valence-electron chi connectivity index (χ3n) is 2.40. The smallest absolute Gasteiger partial charge is 0.252 e. The van der Waals surface area contributed by atoms with Crippen LogP contribution in [0.5, 0.6) is 0 Å². The van der Waals surface area contributed by atoms with Gasteiger partial charge in [-0.25, -0.2) is 18.1 Å². The van der Waals surface area contributed by atoms with Crippen molar-refractivity contribution in [3.05, 3.63) is 5.69 Å². The standard InChI is InChI=1S/C9H15N3O4S2/c1-6-8(17-9(10)12-6)18(13,14)11-4-7-5-15-2-3-16-7/h7,11H,2-5H2,1H3,(H2,10,12). The van der Waals surface area contributed by atoms with E-state index in [-0.39, 0.29) is 22.0 Å². The fraction of sp³-hybridized carbons (Fsp3) is 0.667. The molecule has 1 aromatic heterocycles. The Morgan fingerprint density at radius 3 is 2.89 bits per heavy atom. The monoisotopic (exact) mass is 293 g/mol. The first-order chi connectivity index (χ1) is 8.49. The maximum absolute atomic E-state index is 12.0. The minimum Gasteiger partial charge on any atom is -0.376 e. The highest BCUT2D eigenvalue weighted by Gasteiger charge is 2.23. The number of aryl methyl sites for hydroxylation is 1. The van der Waals surface area contributed by atoms with Gasteiger partial charge in [0.1, 0.15) is 0 Å². The zero-order valence-electron chi connectivity index (χ0n) is 9.88. The Morgan fingerprint density at radius 1 is 1.56 bits per heavy atom. The second kappa shape index (κ2) is 5.49. The molecule has 9 heteroatoms. The van der Waals surface area contributed by atoms with Crippen molar-refractivity contribution in [1.82, 2.24) is 9.71 Å². The van der Waals surface area contributed by atoms with Crippen molar-refractivity contribution in [2.24, 2.45) is 0 Å². The number of thiazole rings is 1. The lowest BCUT2D eigenvalue weighted by Crippen LogP contribution is -2.39. The lowest BCUT2D eigenvalue weighted by atomic mass is 10.3. The molecule has 0 radical (unpaired) electrons. The number of sulfonamides is 1. The van der Waals surface area contributed by atoms with Crippen molar-refractivity contribution in [2.75, 3.05) is 32.1 Å². The van der Waals surface area contributed by atoms with Crippen molar-refractivity contribution in [1.29, 1.82) is 0 Å². The Hall–Kier alpha value is -0.740. The molecule has 102 valence electrons. The summed E-state index contributed by atoms with van der Waals surface area (Å²) in [5, 5.41) is 0.241. The van der Waals surface area contributed by atoms with Crippen LogP contribution in [-0.2, 0) is 19.5 Å². The van der Waals surface area contributed by atoms with Gasteiger partial charge in [0.25, 0.3) is 10.0 Å². The molecule has 1 aromatic rings. The summed E-state index contributed by atoms with van der Waals surface area (Å²) in [5.74, 6) is 0. The molecule has 18 heavy (non-hydrogen) atoms. The summed E-state index contributed by atoms with van der Waals surface area (Å²) in [7, 11) is -3.58. The van der Waals surface area contributed by atoms with E-state index in [0.717, 1.165) is 11.3 Å². The van der Waals surface area contributed by atoms with Gasteiger partial charge in [0, 0.05) is 6.54 Å². The number of nitrogens with two attached hydrogens (primary N) is 1. The number of aromatic nitrogens is 1. The molecule has 1 aliphatic heterocycles. The highest BCUT2D eigenvalue weighted by Crippen LogP contribution is 2.24. The Morgan fingerprint density at radius 2 is 2.33 bits per heavy atom. The molecule has 0 aliphatic carbocycles. The van der Waals surface area contributed by atoms with Gasteiger partial charge in [0.2, 0.25) is 0 Å². The molecule has 1 fully saturated rings. The number of ether oxygens (including phenoxy) is 2. The summed E-state index contributed by atoms with van der Waals surface area (Å²) in [6.45, 7) is 3.22. The Labute approximate surface area is 109 Å². The molecule has 1 aliphatic rings.